The topological polar surface area (TPSA) is 264 Å². The van der Waals surface area contributed by atoms with E-state index in [0.717, 1.165) is 16.7 Å². The lowest BCUT2D eigenvalue weighted by molar-refractivity contribution is -0.142. The average molecular weight is 914 g/mol. The molecule has 3 aromatic rings. The Bertz CT molecular complexity index is 2100. The molecule has 0 radical (unpaired) electrons. The number of ether oxygens (including phenoxy) is 1. The van der Waals surface area contributed by atoms with E-state index in [-0.39, 0.29) is 24.2 Å². The number of aliphatic hydroxyl groups is 1. The van der Waals surface area contributed by atoms with Crippen molar-refractivity contribution in [1.82, 2.24) is 31.9 Å². The van der Waals surface area contributed by atoms with Crippen molar-refractivity contribution in [3.05, 3.63) is 90.0 Å². The number of benzene rings is 3. The zero-order valence-corrected chi connectivity index (χ0v) is 38.9. The van der Waals surface area contributed by atoms with E-state index >= 15 is 0 Å². The number of carbonyl (C=O) groups is 8. The fourth-order valence-corrected chi connectivity index (χ4v) is 6.98. The number of rotatable bonds is 27. The number of amides is 6. The zero-order valence-electron chi connectivity index (χ0n) is 38.9. The second-order valence-corrected chi connectivity index (χ2v) is 16.6. The third-order valence-electron chi connectivity index (χ3n) is 11.9. The fourth-order valence-electron chi connectivity index (χ4n) is 6.98. The standard InChI is InChI=1S/C49H67N7O10/c1-8-29(4)41(55-45(61)37(51-7)26-32-20-22-34(23-21-32)33-16-12-11-13-17-33)47(63)53-38(28-58)46(62)52-36(24-25-40(50)59)44(60)54-42(30(5)9-2)48(64)56-43(31(6)10-3)49(65)66-39-19-15-14-18-35(39)27-57/h11-23,27,29-31,36-38,41-43,51,58H,8-10,24-26,28H2,1-7H3,(H2,50,59)(H,52,62)(H,53,63)(H,54,60)(H,55,61)(H,56,64)/t29-,30-,31-,36+,37+,38-,41-,42+,43?/m0/s1. The lowest BCUT2D eigenvalue weighted by atomic mass is 9.95. The van der Waals surface area contributed by atoms with Crippen molar-refractivity contribution in [2.45, 2.75) is 116 Å². The number of nitrogens with one attached hydrogen (secondary N) is 6. The van der Waals surface area contributed by atoms with Crippen molar-refractivity contribution in [3.8, 4) is 16.9 Å². The van der Waals surface area contributed by atoms with Crippen molar-refractivity contribution in [2.24, 2.45) is 23.5 Å². The van der Waals surface area contributed by atoms with Crippen molar-refractivity contribution < 1.29 is 48.2 Å². The van der Waals surface area contributed by atoms with Gasteiger partial charge < -0.3 is 47.5 Å². The normalized spacial score (nSPS) is 15.2. The van der Waals surface area contributed by atoms with Gasteiger partial charge in [-0.05, 0) is 66.5 Å². The molecular formula is C49H67N7O10. The largest absolute Gasteiger partial charge is 0.424 e. The lowest BCUT2D eigenvalue weighted by Crippen LogP contribution is -2.61. The molecule has 0 spiro atoms. The molecule has 66 heavy (non-hydrogen) atoms. The Morgan fingerprint density at radius 1 is 0.606 bits per heavy atom. The third-order valence-corrected chi connectivity index (χ3v) is 11.9. The Hall–Kier alpha value is -6.46. The van der Waals surface area contributed by atoms with Crippen molar-refractivity contribution in [1.29, 1.82) is 0 Å². The molecule has 6 amide bonds. The van der Waals surface area contributed by atoms with Gasteiger partial charge in [0.25, 0.3) is 0 Å². The van der Waals surface area contributed by atoms with Gasteiger partial charge in [0, 0.05) is 6.42 Å². The number of carbonyl (C=O) groups excluding carboxylic acids is 8. The summed E-state index contributed by atoms with van der Waals surface area (Å²) >= 11 is 0. The summed E-state index contributed by atoms with van der Waals surface area (Å²) in [5.74, 6) is -6.79. The summed E-state index contributed by atoms with van der Waals surface area (Å²) in [4.78, 5) is 106. The molecule has 17 nitrogen and oxygen atoms in total. The van der Waals surface area contributed by atoms with Crippen LogP contribution < -0.4 is 42.4 Å². The van der Waals surface area contributed by atoms with Gasteiger partial charge in [-0.15, -0.1) is 0 Å². The van der Waals surface area contributed by atoms with E-state index < -0.39 is 102 Å². The highest BCUT2D eigenvalue weighted by Crippen LogP contribution is 2.21. The number of primary amides is 1. The van der Waals surface area contributed by atoms with Crippen LogP contribution >= 0.6 is 0 Å². The predicted molar refractivity (Wildman–Crippen MR) is 249 cm³/mol. The van der Waals surface area contributed by atoms with Crippen LogP contribution in [-0.4, -0.2) is 103 Å². The van der Waals surface area contributed by atoms with Crippen LogP contribution in [0.25, 0.3) is 11.1 Å². The van der Waals surface area contributed by atoms with E-state index in [9.17, 15) is 43.5 Å². The number of nitrogens with two attached hydrogens (primary N) is 1. The molecule has 0 saturated carbocycles. The second-order valence-electron chi connectivity index (χ2n) is 16.6. The molecule has 358 valence electrons. The Morgan fingerprint density at radius 2 is 1.08 bits per heavy atom. The SMILES string of the molecule is CC[C@H](C)C(NC(=O)[C@H](NC(=O)[C@@H](CCC(N)=O)NC(=O)[C@H](CO)NC(=O)[C@@H](NC(=O)[C@@H](Cc1ccc(-c2ccccc2)cc1)NC)[C@@H](C)CC)[C@@H](C)CC)C(=O)Oc1ccccc1C=O. The summed E-state index contributed by atoms with van der Waals surface area (Å²) in [7, 11) is 1.63. The number of hydrogen-bond acceptors (Lipinski definition) is 11. The minimum absolute atomic E-state index is 0.0109. The van der Waals surface area contributed by atoms with Gasteiger partial charge in [-0.3, -0.25) is 33.6 Å². The Balaban J connectivity index is 1.76. The molecule has 0 aliphatic heterocycles. The monoisotopic (exact) mass is 913 g/mol. The second kappa shape index (κ2) is 27.1. The lowest BCUT2D eigenvalue weighted by Gasteiger charge is -2.30. The highest BCUT2D eigenvalue weighted by atomic mass is 16.5. The first kappa shape index (κ1) is 53.9. The van der Waals surface area contributed by atoms with Crippen LogP contribution in [0.5, 0.6) is 5.75 Å². The summed E-state index contributed by atoms with van der Waals surface area (Å²) in [5.41, 5.74) is 8.50. The van der Waals surface area contributed by atoms with Gasteiger partial charge in [0.2, 0.25) is 35.4 Å². The smallest absolute Gasteiger partial charge is 0.334 e. The van der Waals surface area contributed by atoms with Crippen LogP contribution in [0.3, 0.4) is 0 Å². The molecule has 1 unspecified atom stereocenters. The minimum atomic E-state index is -1.60. The van der Waals surface area contributed by atoms with Crippen LogP contribution in [0.1, 0.15) is 89.6 Å². The molecule has 3 rings (SSSR count). The van der Waals surface area contributed by atoms with Gasteiger partial charge in [0.15, 0.2) is 6.29 Å². The van der Waals surface area contributed by atoms with E-state index in [4.69, 9.17) is 10.5 Å². The molecule has 0 aliphatic carbocycles. The molecule has 9 atom stereocenters. The molecule has 3 aromatic carbocycles. The number of esters is 1. The van der Waals surface area contributed by atoms with Crippen molar-refractivity contribution in [3.63, 3.8) is 0 Å². The molecular weight excluding hydrogens is 847 g/mol. The van der Waals surface area contributed by atoms with E-state index in [0.29, 0.717) is 32.0 Å². The molecule has 0 aliphatic rings. The van der Waals surface area contributed by atoms with Gasteiger partial charge in [-0.1, -0.05) is 128 Å². The minimum Gasteiger partial charge on any atom is -0.424 e. The molecule has 0 heterocycles. The summed E-state index contributed by atoms with van der Waals surface area (Å²) in [5, 5.41) is 26.5. The summed E-state index contributed by atoms with van der Waals surface area (Å²) in [6.07, 6.45) is 1.49. The molecule has 0 saturated heterocycles. The predicted octanol–water partition coefficient (Wildman–Crippen LogP) is 2.72. The highest BCUT2D eigenvalue weighted by Gasteiger charge is 2.37. The van der Waals surface area contributed by atoms with Crippen molar-refractivity contribution in [2.75, 3.05) is 13.7 Å². The van der Waals surface area contributed by atoms with E-state index in [2.05, 4.69) is 31.9 Å². The van der Waals surface area contributed by atoms with Gasteiger partial charge in [-0.2, -0.15) is 0 Å². The molecule has 9 N–H and O–H groups in total. The van der Waals surface area contributed by atoms with Gasteiger partial charge in [-0.25, -0.2) is 4.79 Å². The van der Waals surface area contributed by atoms with Gasteiger partial charge in [0.05, 0.1) is 18.2 Å². The van der Waals surface area contributed by atoms with Gasteiger partial charge in [0.1, 0.15) is 36.0 Å². The highest BCUT2D eigenvalue weighted by molar-refractivity contribution is 5.97. The maximum absolute atomic E-state index is 14.0. The first-order valence-electron chi connectivity index (χ1n) is 22.5. The van der Waals surface area contributed by atoms with E-state index in [1.807, 2.05) is 68.4 Å². The third kappa shape index (κ3) is 15.9. The van der Waals surface area contributed by atoms with Crippen molar-refractivity contribution >= 4 is 47.7 Å². The number of aliphatic hydroxyl groups excluding tert-OH is 1. The number of hydrogen-bond donors (Lipinski definition) is 8. The number of aldehydes is 1. The maximum Gasteiger partial charge on any atom is 0.334 e. The molecule has 0 aromatic heterocycles. The fraction of sp³-hybridized carbons (Fsp3) is 0.469. The van der Waals surface area contributed by atoms with Crippen LogP contribution in [0.4, 0.5) is 0 Å². The Kier molecular flexibility index (Phi) is 22.1. The van der Waals surface area contributed by atoms with E-state index in [1.54, 1.807) is 46.9 Å². The number of para-hydroxylation sites is 1. The first-order chi connectivity index (χ1) is 31.5. The maximum atomic E-state index is 14.0. The van der Waals surface area contributed by atoms with Gasteiger partial charge >= 0.3 is 5.97 Å². The van der Waals surface area contributed by atoms with E-state index in [1.165, 1.54) is 12.1 Å². The van der Waals surface area contributed by atoms with Crippen LogP contribution in [0.2, 0.25) is 0 Å². The Labute approximate surface area is 387 Å². The quantitative estimate of drug-likeness (QED) is 0.0313. The van der Waals surface area contributed by atoms with Crippen LogP contribution in [0.15, 0.2) is 78.9 Å². The Morgan fingerprint density at radius 3 is 1.61 bits per heavy atom. The number of likely N-dealkylation sites (N-methyl/N-ethyl adjacent to an activating group) is 1. The van der Waals surface area contributed by atoms with Crippen LogP contribution in [0, 0.1) is 17.8 Å². The molecule has 0 fully saturated rings. The molecule has 0 bridgehead atoms. The molecule has 17 heteroatoms. The summed E-state index contributed by atoms with van der Waals surface area (Å²) < 4.78 is 5.53. The first-order valence-corrected chi connectivity index (χ1v) is 22.5. The summed E-state index contributed by atoms with van der Waals surface area (Å²) in [6.45, 7) is 9.71. The average Bonchev–Trinajstić information content (AvgIpc) is 3.33. The zero-order chi connectivity index (χ0) is 48.9. The summed E-state index contributed by atoms with van der Waals surface area (Å²) in [6, 6.07) is 16.4. The van der Waals surface area contributed by atoms with Crippen LogP contribution in [-0.2, 0) is 40.0 Å².